The van der Waals surface area contributed by atoms with Gasteiger partial charge in [-0.3, -0.25) is 0 Å². The molecule has 3 saturated carbocycles. The van der Waals surface area contributed by atoms with Crippen LogP contribution in [-0.2, 0) is 11.3 Å². The van der Waals surface area contributed by atoms with Gasteiger partial charge >= 0.3 is 0 Å². The number of rotatable bonds is 4. The molecule has 1 aromatic rings. The van der Waals surface area contributed by atoms with Gasteiger partial charge in [-0.1, -0.05) is 29.7 Å². The van der Waals surface area contributed by atoms with Gasteiger partial charge in [0.25, 0.3) is 0 Å². The Morgan fingerprint density at radius 2 is 2.03 bits per heavy atom. The summed E-state index contributed by atoms with van der Waals surface area (Å²) in [6.45, 7) is 7.30. The standard InChI is InChI=1S/C25H36N2O3/c1-16-14-19(27-30-16)10-13-29-26-18-8-11-24(2)17(15-18)4-5-20-21-6-7-23(28)25(21,3)12-9-22(20)24/h14-15,20-23,28H,4-13H2,1-3H3. The van der Waals surface area contributed by atoms with Gasteiger partial charge in [0, 0.05) is 12.5 Å². The number of aromatic nitrogens is 1. The maximum absolute atomic E-state index is 10.6. The van der Waals surface area contributed by atoms with Crippen LogP contribution in [0.15, 0.2) is 27.4 Å². The average Bonchev–Trinajstić information content (AvgIpc) is 3.28. The monoisotopic (exact) mass is 412 g/mol. The van der Waals surface area contributed by atoms with E-state index in [0.29, 0.717) is 17.9 Å². The number of allylic oxidation sites excluding steroid dienone is 2. The molecule has 1 aromatic heterocycles. The zero-order valence-electron chi connectivity index (χ0n) is 18.7. The predicted octanol–water partition coefficient (Wildman–Crippen LogP) is 5.22. The van der Waals surface area contributed by atoms with E-state index in [9.17, 15) is 5.11 Å². The molecule has 0 spiro atoms. The Kier molecular flexibility index (Phi) is 5.08. The summed E-state index contributed by atoms with van der Waals surface area (Å²) in [7, 11) is 0. The van der Waals surface area contributed by atoms with E-state index < -0.39 is 0 Å². The molecule has 164 valence electrons. The summed E-state index contributed by atoms with van der Waals surface area (Å²) in [5.41, 5.74) is 4.06. The van der Waals surface area contributed by atoms with Crippen LogP contribution < -0.4 is 0 Å². The molecule has 5 heteroatoms. The number of aliphatic hydroxyl groups excluding tert-OH is 1. The molecule has 6 unspecified atom stereocenters. The van der Waals surface area contributed by atoms with Crippen LogP contribution in [0.25, 0.3) is 0 Å². The normalized spacial score (nSPS) is 41.7. The number of hydrogen-bond donors (Lipinski definition) is 1. The van der Waals surface area contributed by atoms with Gasteiger partial charge in [-0.2, -0.15) is 0 Å². The Morgan fingerprint density at radius 1 is 1.17 bits per heavy atom. The van der Waals surface area contributed by atoms with Crippen LogP contribution in [0, 0.1) is 35.5 Å². The lowest BCUT2D eigenvalue weighted by molar-refractivity contribution is -0.0722. The first-order chi connectivity index (χ1) is 14.4. The Hall–Kier alpha value is -1.62. The Bertz CT molecular complexity index is 858. The van der Waals surface area contributed by atoms with Crippen LogP contribution in [0.4, 0.5) is 0 Å². The van der Waals surface area contributed by atoms with Crippen molar-refractivity contribution in [1.82, 2.24) is 5.16 Å². The lowest BCUT2D eigenvalue weighted by atomic mass is 9.47. The van der Waals surface area contributed by atoms with E-state index >= 15 is 0 Å². The molecular weight excluding hydrogens is 376 g/mol. The molecule has 0 amide bonds. The highest BCUT2D eigenvalue weighted by molar-refractivity contribution is 5.96. The zero-order valence-corrected chi connectivity index (χ0v) is 18.7. The fraction of sp³-hybridized carbons (Fsp3) is 0.760. The van der Waals surface area contributed by atoms with Gasteiger partial charge in [0.15, 0.2) is 0 Å². The first kappa shape index (κ1) is 20.3. The van der Waals surface area contributed by atoms with Crippen LogP contribution in [-0.4, -0.2) is 28.7 Å². The minimum absolute atomic E-state index is 0.0865. The van der Waals surface area contributed by atoms with Crippen molar-refractivity contribution in [2.45, 2.75) is 84.7 Å². The summed E-state index contributed by atoms with van der Waals surface area (Å²) in [5.74, 6) is 3.09. The minimum Gasteiger partial charge on any atom is -0.395 e. The second-order valence-corrected chi connectivity index (χ2v) is 10.7. The van der Waals surface area contributed by atoms with Gasteiger partial charge < -0.3 is 14.5 Å². The molecule has 1 heterocycles. The highest BCUT2D eigenvalue weighted by atomic mass is 16.6. The Balaban J connectivity index is 1.26. The molecule has 30 heavy (non-hydrogen) atoms. The third-order valence-corrected chi connectivity index (χ3v) is 9.24. The molecule has 1 N–H and O–H groups in total. The number of fused-ring (bicyclic) bond motifs is 5. The number of hydrogen-bond acceptors (Lipinski definition) is 5. The van der Waals surface area contributed by atoms with E-state index in [0.717, 1.165) is 48.3 Å². The maximum Gasteiger partial charge on any atom is 0.133 e. The lowest BCUT2D eigenvalue weighted by Crippen LogP contribution is -2.51. The van der Waals surface area contributed by atoms with E-state index in [1.165, 1.54) is 38.5 Å². The topological polar surface area (TPSA) is 67.8 Å². The first-order valence-corrected chi connectivity index (χ1v) is 11.9. The molecule has 5 rings (SSSR count). The molecule has 4 aliphatic rings. The van der Waals surface area contributed by atoms with Crippen molar-refractivity contribution in [3.63, 3.8) is 0 Å². The van der Waals surface area contributed by atoms with Crippen molar-refractivity contribution < 1.29 is 14.5 Å². The molecule has 0 saturated heterocycles. The molecule has 0 aliphatic heterocycles. The van der Waals surface area contributed by atoms with Crippen molar-refractivity contribution in [3.05, 3.63) is 29.2 Å². The van der Waals surface area contributed by atoms with Crippen molar-refractivity contribution in [1.29, 1.82) is 0 Å². The lowest BCUT2D eigenvalue weighted by Gasteiger charge is -2.57. The molecule has 0 bridgehead atoms. The van der Waals surface area contributed by atoms with E-state index in [4.69, 9.17) is 9.36 Å². The van der Waals surface area contributed by atoms with Crippen LogP contribution in [0.1, 0.15) is 76.7 Å². The van der Waals surface area contributed by atoms with Gasteiger partial charge in [0.05, 0.1) is 17.5 Å². The van der Waals surface area contributed by atoms with Crippen LogP contribution in [0.2, 0.25) is 0 Å². The van der Waals surface area contributed by atoms with Gasteiger partial charge in [0.1, 0.15) is 12.4 Å². The second kappa shape index (κ2) is 7.51. The summed E-state index contributed by atoms with van der Waals surface area (Å²) < 4.78 is 5.10. The largest absolute Gasteiger partial charge is 0.395 e. The summed E-state index contributed by atoms with van der Waals surface area (Å²) in [6.07, 6.45) is 12.3. The van der Waals surface area contributed by atoms with Gasteiger partial charge in [0.2, 0.25) is 0 Å². The molecule has 0 radical (unpaired) electrons. The van der Waals surface area contributed by atoms with Crippen LogP contribution in [0.3, 0.4) is 0 Å². The Morgan fingerprint density at radius 3 is 2.83 bits per heavy atom. The summed E-state index contributed by atoms with van der Waals surface area (Å²) in [6, 6.07) is 1.95. The quantitative estimate of drug-likeness (QED) is 0.544. The fourth-order valence-corrected chi connectivity index (χ4v) is 7.43. The van der Waals surface area contributed by atoms with E-state index in [1.807, 2.05) is 13.0 Å². The van der Waals surface area contributed by atoms with Crippen molar-refractivity contribution in [2.75, 3.05) is 6.61 Å². The number of aryl methyl sites for hydroxylation is 1. The summed E-state index contributed by atoms with van der Waals surface area (Å²) in [4.78, 5) is 5.62. The van der Waals surface area contributed by atoms with Crippen LogP contribution >= 0.6 is 0 Å². The molecule has 0 aromatic carbocycles. The smallest absolute Gasteiger partial charge is 0.133 e. The highest BCUT2D eigenvalue weighted by Gasteiger charge is 2.58. The average molecular weight is 413 g/mol. The van der Waals surface area contributed by atoms with Gasteiger partial charge in [-0.15, -0.1) is 0 Å². The third kappa shape index (κ3) is 3.24. The summed E-state index contributed by atoms with van der Waals surface area (Å²) in [5, 5.41) is 19.1. The minimum atomic E-state index is -0.0865. The van der Waals surface area contributed by atoms with Crippen molar-refractivity contribution >= 4 is 5.71 Å². The number of oxime groups is 1. The highest BCUT2D eigenvalue weighted by Crippen LogP contribution is 2.65. The zero-order chi connectivity index (χ0) is 20.9. The van der Waals surface area contributed by atoms with Gasteiger partial charge in [-0.25, -0.2) is 0 Å². The predicted molar refractivity (Wildman–Crippen MR) is 116 cm³/mol. The van der Waals surface area contributed by atoms with Gasteiger partial charge in [-0.05, 0) is 93.0 Å². The van der Waals surface area contributed by atoms with E-state index in [-0.39, 0.29) is 11.5 Å². The third-order valence-electron chi connectivity index (χ3n) is 9.24. The van der Waals surface area contributed by atoms with E-state index in [2.05, 4.69) is 30.2 Å². The second-order valence-electron chi connectivity index (χ2n) is 10.7. The Labute approximate surface area is 179 Å². The van der Waals surface area contributed by atoms with Crippen molar-refractivity contribution in [3.8, 4) is 0 Å². The van der Waals surface area contributed by atoms with Crippen molar-refractivity contribution in [2.24, 2.45) is 33.7 Å². The van der Waals surface area contributed by atoms with Crippen LogP contribution in [0.5, 0.6) is 0 Å². The fourth-order valence-electron chi connectivity index (χ4n) is 7.43. The molecule has 6 atom stereocenters. The van der Waals surface area contributed by atoms with E-state index in [1.54, 1.807) is 5.57 Å². The SMILES string of the molecule is Cc1cc(CCON=C2C=C3CCC4C(CCC5(C)C(O)CCC45)C3(C)CC2)no1. The number of nitrogens with zero attached hydrogens (tertiary/aromatic N) is 2. The molecular formula is C25H36N2O3. The first-order valence-electron chi connectivity index (χ1n) is 11.9. The number of aliphatic hydroxyl groups is 1. The molecule has 5 nitrogen and oxygen atoms in total. The maximum atomic E-state index is 10.6. The molecule has 4 aliphatic carbocycles. The molecule has 3 fully saturated rings. The summed E-state index contributed by atoms with van der Waals surface area (Å²) >= 11 is 0.